The molecule has 0 saturated heterocycles. The quantitative estimate of drug-likeness (QED) is 0.165. The van der Waals surface area contributed by atoms with E-state index in [0.29, 0.717) is 22.4 Å². The Kier molecular flexibility index (Phi) is 12.2. The average Bonchev–Trinajstić information content (AvgIpc) is 3.26. The smallest absolute Gasteiger partial charge is 0.414 e. The lowest BCUT2D eigenvalue weighted by Gasteiger charge is -2.18. The first kappa shape index (κ1) is 29.6. The van der Waals surface area contributed by atoms with Gasteiger partial charge < -0.3 is 20.6 Å². The van der Waals surface area contributed by atoms with Gasteiger partial charge in [0.25, 0.3) is 0 Å². The number of carboxylic acids is 2. The van der Waals surface area contributed by atoms with Crippen molar-refractivity contribution in [3.8, 4) is 17.1 Å². The number of aliphatic carboxylic acids is 2. The van der Waals surface area contributed by atoms with Gasteiger partial charge in [0, 0.05) is 29.4 Å². The lowest BCUT2D eigenvalue weighted by Crippen LogP contribution is -2.21. The number of thioether (sulfide) groups is 1. The third-order valence-electron chi connectivity index (χ3n) is 4.98. The van der Waals surface area contributed by atoms with Gasteiger partial charge in [-0.25, -0.2) is 9.59 Å². The van der Waals surface area contributed by atoms with Crippen molar-refractivity contribution in [3.05, 3.63) is 57.6 Å². The second-order valence-electron chi connectivity index (χ2n) is 7.33. The fourth-order valence-corrected chi connectivity index (χ4v) is 4.66. The predicted molar refractivity (Wildman–Crippen MR) is 142 cm³/mol. The first-order chi connectivity index (χ1) is 17.2. The van der Waals surface area contributed by atoms with E-state index in [0.717, 1.165) is 41.5 Å². The summed E-state index contributed by atoms with van der Waals surface area (Å²) in [5.74, 6) is -2.13. The van der Waals surface area contributed by atoms with Crippen LogP contribution >= 0.6 is 35.0 Å². The maximum absolute atomic E-state index is 9.10. The highest BCUT2D eigenvalue weighted by atomic mass is 35.5. The molecule has 0 atom stereocenters. The van der Waals surface area contributed by atoms with Gasteiger partial charge in [-0.2, -0.15) is 0 Å². The number of hydrogen-bond acceptors (Lipinski definition) is 7. The minimum Gasteiger partial charge on any atom is -0.473 e. The molecule has 0 fully saturated rings. The molecule has 36 heavy (non-hydrogen) atoms. The lowest BCUT2D eigenvalue weighted by molar-refractivity contribution is -0.159. The van der Waals surface area contributed by atoms with Crippen molar-refractivity contribution in [1.82, 2.24) is 20.1 Å². The molecule has 12 heteroatoms. The highest BCUT2D eigenvalue weighted by molar-refractivity contribution is 7.99. The molecule has 1 heterocycles. The van der Waals surface area contributed by atoms with E-state index in [2.05, 4.69) is 52.1 Å². The Morgan fingerprint density at radius 3 is 2.17 bits per heavy atom. The summed E-state index contributed by atoms with van der Waals surface area (Å²) in [5, 5.41) is 37.9. The minimum absolute atomic E-state index is 0.129. The third kappa shape index (κ3) is 7.94. The summed E-state index contributed by atoms with van der Waals surface area (Å²) >= 11 is 14.3. The molecule has 2 aromatic carbocycles. The fraction of sp³-hybridized carbons (Fsp3) is 0.333. The van der Waals surface area contributed by atoms with Crippen LogP contribution in [0.2, 0.25) is 10.0 Å². The molecule has 0 bridgehead atoms. The van der Waals surface area contributed by atoms with Gasteiger partial charge >= 0.3 is 11.9 Å². The Morgan fingerprint density at radius 1 is 1.00 bits per heavy atom. The standard InChI is InChI=1S/C22H26Cl2N4OS.C2H2O4/c1-3-15-6-5-7-16(4-2)20(15)28-21(18-9-8-17(23)14-19(18)24)26-27-22(28)30-13-11-25-10-12-29;3-1(4)2(5)6/h5-9,14,25,29H,3-4,10-13H2,1-2H3;(H,3,4)(H,5,6). The highest BCUT2D eigenvalue weighted by Crippen LogP contribution is 2.35. The SMILES string of the molecule is CCc1cccc(CC)c1-n1c(SCCNCCO)nnc1-c1ccc(Cl)cc1Cl.O=C(O)C(=O)O. The summed E-state index contributed by atoms with van der Waals surface area (Å²) < 4.78 is 2.13. The monoisotopic (exact) mass is 554 g/mol. The van der Waals surface area contributed by atoms with Gasteiger partial charge in [0.15, 0.2) is 11.0 Å². The average molecular weight is 555 g/mol. The number of para-hydroxylation sites is 1. The summed E-state index contributed by atoms with van der Waals surface area (Å²) in [4.78, 5) is 18.2. The van der Waals surface area contributed by atoms with Gasteiger partial charge in [-0.05, 0) is 42.2 Å². The molecule has 0 radical (unpaired) electrons. The van der Waals surface area contributed by atoms with Crippen molar-refractivity contribution in [1.29, 1.82) is 0 Å². The van der Waals surface area contributed by atoms with Gasteiger partial charge in [-0.15, -0.1) is 10.2 Å². The van der Waals surface area contributed by atoms with Gasteiger partial charge in [0.1, 0.15) is 0 Å². The van der Waals surface area contributed by atoms with E-state index in [-0.39, 0.29) is 6.61 Å². The molecule has 3 aromatic rings. The van der Waals surface area contributed by atoms with Crippen LogP contribution in [0.3, 0.4) is 0 Å². The van der Waals surface area contributed by atoms with E-state index in [9.17, 15) is 0 Å². The van der Waals surface area contributed by atoms with Gasteiger partial charge in [-0.1, -0.05) is 67.0 Å². The number of aliphatic hydroxyl groups excluding tert-OH is 1. The van der Waals surface area contributed by atoms with Crippen LogP contribution in [0, 0.1) is 0 Å². The number of hydrogen-bond donors (Lipinski definition) is 4. The maximum atomic E-state index is 9.10. The van der Waals surface area contributed by atoms with Gasteiger partial charge in [-0.3, -0.25) is 4.57 Å². The Labute approximate surface area is 223 Å². The largest absolute Gasteiger partial charge is 0.473 e. The number of carboxylic acid groups (broad SMARTS) is 2. The van der Waals surface area contributed by atoms with Crippen molar-refractivity contribution in [3.63, 3.8) is 0 Å². The molecule has 9 nitrogen and oxygen atoms in total. The molecule has 194 valence electrons. The number of halogens is 2. The molecule has 0 unspecified atom stereocenters. The maximum Gasteiger partial charge on any atom is 0.414 e. The zero-order chi connectivity index (χ0) is 26.7. The Hall–Kier alpha value is -2.63. The summed E-state index contributed by atoms with van der Waals surface area (Å²) in [6.45, 7) is 5.79. The number of aryl methyl sites for hydroxylation is 2. The molecule has 0 spiro atoms. The Bertz CT molecular complexity index is 1160. The van der Waals surface area contributed by atoms with E-state index in [4.69, 9.17) is 48.1 Å². The first-order valence-electron chi connectivity index (χ1n) is 11.2. The van der Waals surface area contributed by atoms with Crippen LogP contribution in [-0.4, -0.2) is 67.5 Å². The van der Waals surface area contributed by atoms with Crippen LogP contribution in [0.25, 0.3) is 17.1 Å². The molecular weight excluding hydrogens is 527 g/mol. The van der Waals surface area contributed by atoms with Crippen molar-refractivity contribution in [2.24, 2.45) is 0 Å². The van der Waals surface area contributed by atoms with Crippen molar-refractivity contribution in [2.45, 2.75) is 31.8 Å². The number of nitrogens with one attached hydrogen (secondary N) is 1. The fourth-order valence-electron chi connectivity index (χ4n) is 3.33. The zero-order valence-corrected chi connectivity index (χ0v) is 22.2. The van der Waals surface area contributed by atoms with Gasteiger partial charge in [0.2, 0.25) is 0 Å². The molecule has 1 aromatic heterocycles. The van der Waals surface area contributed by atoms with Crippen LogP contribution in [-0.2, 0) is 22.4 Å². The van der Waals surface area contributed by atoms with Crippen molar-refractivity contribution in [2.75, 3.05) is 25.4 Å². The predicted octanol–water partition coefficient (Wildman–Crippen LogP) is 4.20. The number of aliphatic hydroxyl groups is 1. The van der Waals surface area contributed by atoms with Crippen LogP contribution in [0.5, 0.6) is 0 Å². The van der Waals surface area contributed by atoms with E-state index in [1.165, 1.54) is 11.1 Å². The lowest BCUT2D eigenvalue weighted by atomic mass is 10.0. The molecule has 0 amide bonds. The molecule has 4 N–H and O–H groups in total. The third-order valence-corrected chi connectivity index (χ3v) is 6.45. The van der Waals surface area contributed by atoms with E-state index >= 15 is 0 Å². The normalized spacial score (nSPS) is 10.6. The van der Waals surface area contributed by atoms with Crippen LogP contribution in [0.1, 0.15) is 25.0 Å². The van der Waals surface area contributed by atoms with Crippen LogP contribution < -0.4 is 5.32 Å². The van der Waals surface area contributed by atoms with Crippen molar-refractivity contribution >= 4 is 46.9 Å². The van der Waals surface area contributed by atoms with E-state index < -0.39 is 11.9 Å². The number of nitrogens with zero attached hydrogens (tertiary/aromatic N) is 3. The molecule has 0 aliphatic heterocycles. The van der Waals surface area contributed by atoms with Crippen LogP contribution in [0.4, 0.5) is 0 Å². The number of carbonyl (C=O) groups is 2. The number of rotatable bonds is 10. The summed E-state index contributed by atoms with van der Waals surface area (Å²) in [5.41, 5.74) is 4.40. The summed E-state index contributed by atoms with van der Waals surface area (Å²) in [7, 11) is 0. The topological polar surface area (TPSA) is 138 Å². The molecule has 0 aliphatic carbocycles. The first-order valence-corrected chi connectivity index (χ1v) is 12.9. The zero-order valence-electron chi connectivity index (χ0n) is 19.9. The second-order valence-corrected chi connectivity index (χ2v) is 9.24. The summed E-state index contributed by atoms with van der Waals surface area (Å²) in [6.07, 6.45) is 1.80. The number of benzene rings is 2. The molecule has 3 rings (SSSR count). The molecule has 0 saturated carbocycles. The number of aromatic nitrogens is 3. The molecular formula is C24H28Cl2N4O5S. The van der Waals surface area contributed by atoms with Crippen molar-refractivity contribution < 1.29 is 24.9 Å². The van der Waals surface area contributed by atoms with E-state index in [1.807, 2.05) is 12.1 Å². The highest BCUT2D eigenvalue weighted by Gasteiger charge is 2.21. The Balaban J connectivity index is 0.000000678. The van der Waals surface area contributed by atoms with Crippen LogP contribution in [0.15, 0.2) is 41.6 Å². The Morgan fingerprint density at radius 2 is 1.64 bits per heavy atom. The second kappa shape index (κ2) is 14.8. The minimum atomic E-state index is -1.82. The van der Waals surface area contributed by atoms with E-state index in [1.54, 1.807) is 17.8 Å². The molecule has 0 aliphatic rings. The van der Waals surface area contributed by atoms with Gasteiger partial charge in [0.05, 0.1) is 17.3 Å². The summed E-state index contributed by atoms with van der Waals surface area (Å²) in [6, 6.07) is 11.8.